The first-order valence-corrected chi connectivity index (χ1v) is 19.5. The van der Waals surface area contributed by atoms with E-state index in [1.54, 1.807) is 0 Å². The fraction of sp³-hybridized carbons (Fsp3) is 0.0185. The lowest BCUT2D eigenvalue weighted by Crippen LogP contribution is -2.02. The maximum atomic E-state index is 5.44. The van der Waals surface area contributed by atoms with Crippen LogP contribution in [0.15, 0.2) is 206 Å². The first kappa shape index (κ1) is 32.9. The molecular formula is C54H37N3. The molecule has 11 rings (SSSR count). The summed E-state index contributed by atoms with van der Waals surface area (Å²) in [5.41, 5.74) is 16.1. The third-order valence-corrected chi connectivity index (χ3v) is 11.5. The van der Waals surface area contributed by atoms with E-state index in [2.05, 4.69) is 222 Å². The predicted octanol–water partition coefficient (Wildman–Crippen LogP) is 14.3. The summed E-state index contributed by atoms with van der Waals surface area (Å²) >= 11 is 0. The van der Waals surface area contributed by atoms with E-state index in [9.17, 15) is 0 Å². The zero-order chi connectivity index (χ0) is 37.9. The summed E-state index contributed by atoms with van der Waals surface area (Å²) in [5.74, 6) is 0.940. The number of hydrogen-bond acceptors (Lipinski definition) is 1. The largest absolute Gasteiger partial charge is 0.309 e. The summed E-state index contributed by atoms with van der Waals surface area (Å²) in [6.07, 6.45) is 0. The SMILES string of the molecule is Cc1ccc(-c2cccc(-c3ccc(-c4ccccc4)cc3)c2)nc1-n1c2ccccc2c2ccc(-c3ccc4c(c3)c3ccccc3n4-c3ccccc3)cc21. The molecule has 3 heterocycles. The van der Waals surface area contributed by atoms with Crippen LogP contribution >= 0.6 is 0 Å². The van der Waals surface area contributed by atoms with E-state index >= 15 is 0 Å². The van der Waals surface area contributed by atoms with Gasteiger partial charge in [-0.2, -0.15) is 0 Å². The molecule has 0 N–H and O–H groups in total. The topological polar surface area (TPSA) is 22.8 Å². The van der Waals surface area contributed by atoms with Gasteiger partial charge in [0.2, 0.25) is 0 Å². The van der Waals surface area contributed by atoms with E-state index < -0.39 is 0 Å². The van der Waals surface area contributed by atoms with Crippen molar-refractivity contribution in [3.05, 3.63) is 212 Å². The van der Waals surface area contributed by atoms with Crippen LogP contribution in [0.25, 0.3) is 99.8 Å². The predicted molar refractivity (Wildman–Crippen MR) is 239 cm³/mol. The van der Waals surface area contributed by atoms with Gasteiger partial charge < -0.3 is 4.57 Å². The molecule has 0 unspecified atom stereocenters. The van der Waals surface area contributed by atoms with Crippen LogP contribution < -0.4 is 0 Å². The zero-order valence-corrected chi connectivity index (χ0v) is 31.5. The van der Waals surface area contributed by atoms with Crippen molar-refractivity contribution in [3.63, 3.8) is 0 Å². The Hall–Kier alpha value is -7.49. The van der Waals surface area contributed by atoms with Gasteiger partial charge in [0.05, 0.1) is 27.8 Å². The number of para-hydroxylation sites is 3. The lowest BCUT2D eigenvalue weighted by Gasteiger charge is -2.14. The number of benzene rings is 8. The molecule has 0 saturated heterocycles. The molecular weight excluding hydrogens is 691 g/mol. The quantitative estimate of drug-likeness (QED) is 0.167. The molecule has 0 spiro atoms. The van der Waals surface area contributed by atoms with Crippen molar-refractivity contribution in [2.45, 2.75) is 6.92 Å². The number of hydrogen-bond donors (Lipinski definition) is 0. The fourth-order valence-electron chi connectivity index (χ4n) is 8.63. The highest BCUT2D eigenvalue weighted by Gasteiger charge is 2.18. The lowest BCUT2D eigenvalue weighted by atomic mass is 9.98. The molecule has 3 heteroatoms. The molecule has 0 bridgehead atoms. The second kappa shape index (κ2) is 13.4. The van der Waals surface area contributed by atoms with Gasteiger partial charge in [-0.15, -0.1) is 0 Å². The van der Waals surface area contributed by atoms with Crippen LogP contribution in [0.5, 0.6) is 0 Å². The summed E-state index contributed by atoms with van der Waals surface area (Å²) < 4.78 is 4.73. The van der Waals surface area contributed by atoms with Crippen molar-refractivity contribution in [1.82, 2.24) is 14.1 Å². The molecule has 0 aliphatic heterocycles. The number of nitrogens with zero attached hydrogens (tertiary/aromatic N) is 3. The smallest absolute Gasteiger partial charge is 0.141 e. The molecule has 57 heavy (non-hydrogen) atoms. The molecule has 0 atom stereocenters. The maximum Gasteiger partial charge on any atom is 0.141 e. The minimum absolute atomic E-state index is 0.940. The van der Waals surface area contributed by atoms with E-state index in [0.717, 1.165) is 39.4 Å². The van der Waals surface area contributed by atoms with E-state index in [1.807, 2.05) is 0 Å². The average Bonchev–Trinajstić information content (AvgIpc) is 3.79. The Balaban J connectivity index is 1.02. The van der Waals surface area contributed by atoms with Gasteiger partial charge in [0.1, 0.15) is 5.82 Å². The van der Waals surface area contributed by atoms with Crippen molar-refractivity contribution >= 4 is 43.6 Å². The highest BCUT2D eigenvalue weighted by atomic mass is 15.1. The molecule has 3 aromatic heterocycles. The van der Waals surface area contributed by atoms with Gasteiger partial charge in [0, 0.05) is 32.8 Å². The van der Waals surface area contributed by atoms with E-state index in [-0.39, 0.29) is 0 Å². The zero-order valence-electron chi connectivity index (χ0n) is 31.5. The molecule has 3 nitrogen and oxygen atoms in total. The Labute approximate surface area is 331 Å². The van der Waals surface area contributed by atoms with Crippen molar-refractivity contribution < 1.29 is 0 Å². The van der Waals surface area contributed by atoms with Crippen molar-refractivity contribution in [2.75, 3.05) is 0 Å². The third-order valence-electron chi connectivity index (χ3n) is 11.5. The maximum absolute atomic E-state index is 5.44. The summed E-state index contributed by atoms with van der Waals surface area (Å²) in [4.78, 5) is 5.44. The van der Waals surface area contributed by atoms with Gasteiger partial charge in [0.25, 0.3) is 0 Å². The van der Waals surface area contributed by atoms with Crippen LogP contribution in [-0.2, 0) is 0 Å². The number of aryl methyl sites for hydroxylation is 1. The fourth-order valence-corrected chi connectivity index (χ4v) is 8.63. The monoisotopic (exact) mass is 727 g/mol. The molecule has 0 saturated carbocycles. The van der Waals surface area contributed by atoms with Gasteiger partial charge in [0.15, 0.2) is 0 Å². The molecule has 0 aliphatic carbocycles. The van der Waals surface area contributed by atoms with Gasteiger partial charge in [-0.25, -0.2) is 4.98 Å². The standard InChI is InChI=1S/C54H37N3/c1-36-23-31-49(43-16-12-15-40(33-43)39-26-24-38(25-27-39)37-13-4-2-5-14-37)55-54(36)57-51-22-11-8-19-45(51)47-30-28-42(35-53(47)57)41-29-32-52-48(34-41)46-20-9-10-21-50(46)56(52)44-17-6-3-7-18-44/h2-35H,1H3. The van der Waals surface area contributed by atoms with E-state index in [0.29, 0.717) is 0 Å². The number of rotatable bonds is 6. The molecule has 0 fully saturated rings. The van der Waals surface area contributed by atoms with Gasteiger partial charge >= 0.3 is 0 Å². The van der Waals surface area contributed by atoms with Crippen molar-refractivity contribution in [1.29, 1.82) is 0 Å². The Morgan fingerprint density at radius 3 is 1.60 bits per heavy atom. The lowest BCUT2D eigenvalue weighted by molar-refractivity contribution is 1.06. The van der Waals surface area contributed by atoms with E-state index in [4.69, 9.17) is 4.98 Å². The van der Waals surface area contributed by atoms with Crippen molar-refractivity contribution in [3.8, 4) is 56.1 Å². The molecule has 0 amide bonds. The highest BCUT2D eigenvalue weighted by Crippen LogP contribution is 2.39. The molecule has 268 valence electrons. The molecule has 8 aromatic carbocycles. The van der Waals surface area contributed by atoms with Crippen molar-refractivity contribution in [2.24, 2.45) is 0 Å². The highest BCUT2D eigenvalue weighted by molar-refractivity contribution is 6.12. The molecule has 0 aliphatic rings. The Bertz CT molecular complexity index is 3280. The van der Waals surface area contributed by atoms with Crippen LogP contribution in [0.3, 0.4) is 0 Å². The Morgan fingerprint density at radius 1 is 0.316 bits per heavy atom. The summed E-state index contributed by atoms with van der Waals surface area (Å²) in [6, 6.07) is 74.3. The van der Waals surface area contributed by atoms with Gasteiger partial charge in [-0.3, -0.25) is 4.57 Å². The van der Waals surface area contributed by atoms with Gasteiger partial charge in [-0.1, -0.05) is 152 Å². The van der Waals surface area contributed by atoms with Gasteiger partial charge in [-0.05, 0) is 100 Å². The minimum Gasteiger partial charge on any atom is -0.309 e. The molecule has 0 radical (unpaired) electrons. The average molecular weight is 728 g/mol. The third kappa shape index (κ3) is 5.55. The summed E-state index contributed by atoms with van der Waals surface area (Å²) in [5, 5.41) is 4.92. The van der Waals surface area contributed by atoms with Crippen LogP contribution in [0.2, 0.25) is 0 Å². The van der Waals surface area contributed by atoms with Crippen LogP contribution in [-0.4, -0.2) is 14.1 Å². The summed E-state index contributed by atoms with van der Waals surface area (Å²) in [7, 11) is 0. The summed E-state index contributed by atoms with van der Waals surface area (Å²) in [6.45, 7) is 2.16. The number of pyridine rings is 1. The van der Waals surface area contributed by atoms with E-state index in [1.165, 1.54) is 66.0 Å². The first-order chi connectivity index (χ1) is 28.2. The second-order valence-electron chi connectivity index (χ2n) is 14.9. The van der Waals surface area contributed by atoms with Crippen LogP contribution in [0, 0.1) is 6.92 Å². The van der Waals surface area contributed by atoms with Crippen LogP contribution in [0.4, 0.5) is 0 Å². The minimum atomic E-state index is 0.940. The normalized spacial score (nSPS) is 11.6. The number of aromatic nitrogens is 3. The first-order valence-electron chi connectivity index (χ1n) is 19.5. The Kier molecular flexibility index (Phi) is 7.71. The Morgan fingerprint density at radius 2 is 0.825 bits per heavy atom. The van der Waals surface area contributed by atoms with Crippen LogP contribution in [0.1, 0.15) is 5.56 Å². The molecule has 11 aromatic rings. The second-order valence-corrected chi connectivity index (χ2v) is 14.9. The number of fused-ring (bicyclic) bond motifs is 6.